The van der Waals surface area contributed by atoms with Crippen LogP contribution >= 0.6 is 23.1 Å². The summed E-state index contributed by atoms with van der Waals surface area (Å²) in [4.78, 5) is 24.5. The molecule has 1 aliphatic rings. The number of methoxy groups -OCH3 is 1. The van der Waals surface area contributed by atoms with Crippen LogP contribution in [0.3, 0.4) is 0 Å². The predicted molar refractivity (Wildman–Crippen MR) is 95.6 cm³/mol. The standard InChI is InChI=1S/C17H15NO4S2/c1-21-13-5-4-11(10-15-16(19)18-17(20)24-15)9-14(13)22-7-6-12-3-2-8-23-12/h2-5,8-10H,6-7H2,1H3,(H,18,19,20)/b15-10+. The number of nitrogens with one attached hydrogen (secondary N) is 1. The molecular weight excluding hydrogens is 346 g/mol. The number of carbonyl (C=O) groups excluding carboxylic acids is 2. The predicted octanol–water partition coefficient (Wildman–Crippen LogP) is 3.70. The van der Waals surface area contributed by atoms with Gasteiger partial charge in [0.2, 0.25) is 0 Å². The molecule has 1 saturated heterocycles. The molecule has 3 rings (SSSR count). The number of ether oxygens (including phenoxy) is 2. The lowest BCUT2D eigenvalue weighted by molar-refractivity contribution is -0.115. The molecule has 7 heteroatoms. The fourth-order valence-corrected chi connectivity index (χ4v) is 3.56. The van der Waals surface area contributed by atoms with E-state index in [1.165, 1.54) is 4.88 Å². The van der Waals surface area contributed by atoms with Gasteiger partial charge in [0.1, 0.15) is 0 Å². The van der Waals surface area contributed by atoms with Gasteiger partial charge in [0.05, 0.1) is 18.6 Å². The van der Waals surface area contributed by atoms with Crippen molar-refractivity contribution in [2.24, 2.45) is 0 Å². The highest BCUT2D eigenvalue weighted by Crippen LogP contribution is 2.31. The Morgan fingerprint density at radius 2 is 2.08 bits per heavy atom. The van der Waals surface area contributed by atoms with Crippen molar-refractivity contribution < 1.29 is 19.1 Å². The maximum atomic E-state index is 11.6. The zero-order valence-corrected chi connectivity index (χ0v) is 14.5. The molecule has 1 aromatic carbocycles. The van der Waals surface area contributed by atoms with Crippen LogP contribution in [0.2, 0.25) is 0 Å². The summed E-state index contributed by atoms with van der Waals surface area (Å²) in [5.74, 6) is 0.863. The number of amides is 2. The molecule has 0 saturated carbocycles. The Labute approximate surface area is 147 Å². The zero-order chi connectivity index (χ0) is 16.9. The molecule has 1 aromatic heterocycles. The number of hydrogen-bond donors (Lipinski definition) is 1. The van der Waals surface area contributed by atoms with Gasteiger partial charge in [-0.25, -0.2) is 0 Å². The summed E-state index contributed by atoms with van der Waals surface area (Å²) in [7, 11) is 1.58. The third-order valence-corrected chi connectivity index (χ3v) is 5.06. The highest BCUT2D eigenvalue weighted by atomic mass is 32.2. The summed E-state index contributed by atoms with van der Waals surface area (Å²) in [6.45, 7) is 0.532. The first kappa shape index (κ1) is 16.6. The first-order chi connectivity index (χ1) is 11.7. The number of hydrogen-bond acceptors (Lipinski definition) is 6. The summed E-state index contributed by atoms with van der Waals surface area (Å²) in [5, 5.41) is 3.92. The summed E-state index contributed by atoms with van der Waals surface area (Å²) in [5.41, 5.74) is 0.772. The van der Waals surface area contributed by atoms with Crippen molar-refractivity contribution in [3.8, 4) is 11.5 Å². The first-order valence-corrected chi connectivity index (χ1v) is 8.93. The minimum atomic E-state index is -0.374. The number of imide groups is 1. The molecule has 0 bridgehead atoms. The summed E-state index contributed by atoms with van der Waals surface area (Å²) < 4.78 is 11.1. The molecule has 2 heterocycles. The SMILES string of the molecule is COc1ccc(/C=C2/SC(=O)NC2=O)cc1OCCc1cccs1. The van der Waals surface area contributed by atoms with E-state index in [-0.39, 0.29) is 11.1 Å². The van der Waals surface area contributed by atoms with Crippen LogP contribution < -0.4 is 14.8 Å². The highest BCUT2D eigenvalue weighted by molar-refractivity contribution is 8.18. The van der Waals surface area contributed by atoms with E-state index in [9.17, 15) is 9.59 Å². The Bertz CT molecular complexity index is 784. The monoisotopic (exact) mass is 361 g/mol. The van der Waals surface area contributed by atoms with Gasteiger partial charge in [-0.2, -0.15) is 0 Å². The van der Waals surface area contributed by atoms with Crippen LogP contribution in [0.1, 0.15) is 10.4 Å². The van der Waals surface area contributed by atoms with Crippen LogP contribution in [-0.2, 0) is 11.2 Å². The van der Waals surface area contributed by atoms with Gasteiger partial charge in [-0.1, -0.05) is 12.1 Å². The lowest BCUT2D eigenvalue weighted by Crippen LogP contribution is -2.17. The normalized spacial score (nSPS) is 15.6. The molecule has 2 aromatic rings. The fraction of sp³-hybridized carbons (Fsp3) is 0.176. The smallest absolute Gasteiger partial charge is 0.290 e. The third kappa shape index (κ3) is 3.98. The van der Waals surface area contributed by atoms with E-state index in [2.05, 4.69) is 11.4 Å². The minimum Gasteiger partial charge on any atom is -0.493 e. The van der Waals surface area contributed by atoms with Crippen molar-refractivity contribution in [1.82, 2.24) is 5.32 Å². The van der Waals surface area contributed by atoms with E-state index in [1.54, 1.807) is 36.7 Å². The molecule has 1 N–H and O–H groups in total. The maximum Gasteiger partial charge on any atom is 0.290 e. The summed E-state index contributed by atoms with van der Waals surface area (Å²) in [6.07, 6.45) is 2.48. The second kappa shape index (κ2) is 7.55. The quantitative estimate of drug-likeness (QED) is 0.795. The van der Waals surface area contributed by atoms with Gasteiger partial charge >= 0.3 is 0 Å². The summed E-state index contributed by atoms with van der Waals surface area (Å²) >= 11 is 2.58. The molecular formula is C17H15NO4S2. The van der Waals surface area contributed by atoms with Crippen LogP contribution in [0.5, 0.6) is 11.5 Å². The van der Waals surface area contributed by atoms with E-state index in [0.717, 1.165) is 23.7 Å². The maximum absolute atomic E-state index is 11.6. The van der Waals surface area contributed by atoms with Crippen LogP contribution in [0, 0.1) is 0 Å². The van der Waals surface area contributed by atoms with Crippen LogP contribution in [0.15, 0.2) is 40.6 Å². The molecule has 0 aliphatic carbocycles. The van der Waals surface area contributed by atoms with Gasteiger partial charge in [0.15, 0.2) is 11.5 Å². The Morgan fingerprint density at radius 3 is 2.75 bits per heavy atom. The largest absolute Gasteiger partial charge is 0.493 e. The molecule has 124 valence electrons. The molecule has 1 aliphatic heterocycles. The Balaban J connectivity index is 1.74. The van der Waals surface area contributed by atoms with Crippen molar-refractivity contribution >= 4 is 40.3 Å². The molecule has 5 nitrogen and oxygen atoms in total. The second-order valence-corrected chi connectivity index (χ2v) is 6.99. The minimum absolute atomic E-state index is 0.354. The summed E-state index contributed by atoms with van der Waals surface area (Å²) in [6, 6.07) is 9.48. The van der Waals surface area contributed by atoms with Crippen molar-refractivity contribution in [3.63, 3.8) is 0 Å². The number of carbonyl (C=O) groups is 2. The van der Waals surface area contributed by atoms with Gasteiger partial charge < -0.3 is 9.47 Å². The van der Waals surface area contributed by atoms with E-state index in [0.29, 0.717) is 23.0 Å². The topological polar surface area (TPSA) is 64.6 Å². The van der Waals surface area contributed by atoms with Gasteiger partial charge in [0.25, 0.3) is 11.1 Å². The zero-order valence-electron chi connectivity index (χ0n) is 12.9. The Hall–Kier alpha value is -2.25. The van der Waals surface area contributed by atoms with Crippen LogP contribution in [0.25, 0.3) is 6.08 Å². The van der Waals surface area contributed by atoms with Gasteiger partial charge in [-0.3, -0.25) is 14.9 Å². The van der Waals surface area contributed by atoms with Gasteiger partial charge in [-0.05, 0) is 47.0 Å². The average Bonchev–Trinajstić information content (AvgIpc) is 3.18. The van der Waals surface area contributed by atoms with Crippen molar-refractivity contribution in [2.45, 2.75) is 6.42 Å². The van der Waals surface area contributed by atoms with Crippen molar-refractivity contribution in [1.29, 1.82) is 0 Å². The Kier molecular flexibility index (Phi) is 5.22. The Morgan fingerprint density at radius 1 is 1.21 bits per heavy atom. The number of benzene rings is 1. The molecule has 2 amide bonds. The second-order valence-electron chi connectivity index (χ2n) is 4.94. The lowest BCUT2D eigenvalue weighted by atomic mass is 10.2. The van der Waals surface area contributed by atoms with Gasteiger partial charge in [0, 0.05) is 11.3 Å². The lowest BCUT2D eigenvalue weighted by Gasteiger charge is -2.11. The van der Waals surface area contributed by atoms with E-state index in [1.807, 2.05) is 17.5 Å². The van der Waals surface area contributed by atoms with Crippen LogP contribution in [-0.4, -0.2) is 24.9 Å². The fourth-order valence-electron chi connectivity index (χ4n) is 2.18. The van der Waals surface area contributed by atoms with E-state index >= 15 is 0 Å². The van der Waals surface area contributed by atoms with E-state index < -0.39 is 0 Å². The molecule has 0 radical (unpaired) electrons. The molecule has 0 unspecified atom stereocenters. The van der Waals surface area contributed by atoms with Crippen molar-refractivity contribution in [2.75, 3.05) is 13.7 Å². The molecule has 24 heavy (non-hydrogen) atoms. The van der Waals surface area contributed by atoms with Crippen LogP contribution in [0.4, 0.5) is 4.79 Å². The molecule has 1 fully saturated rings. The van der Waals surface area contributed by atoms with Crippen molar-refractivity contribution in [3.05, 3.63) is 51.1 Å². The number of thioether (sulfide) groups is 1. The average molecular weight is 361 g/mol. The molecule has 0 spiro atoms. The number of rotatable bonds is 6. The van der Waals surface area contributed by atoms with Gasteiger partial charge in [-0.15, -0.1) is 11.3 Å². The molecule has 0 atom stereocenters. The number of thiophene rings is 1. The third-order valence-electron chi connectivity index (χ3n) is 3.31. The van der Waals surface area contributed by atoms with E-state index in [4.69, 9.17) is 9.47 Å². The first-order valence-electron chi connectivity index (χ1n) is 7.24. The highest BCUT2D eigenvalue weighted by Gasteiger charge is 2.25.